The molecule has 0 aliphatic heterocycles. The molecule has 0 saturated heterocycles. The third-order valence-corrected chi connectivity index (χ3v) is 3.53. The molecule has 0 fully saturated rings. The van der Waals surface area contributed by atoms with Crippen molar-refractivity contribution in [1.82, 2.24) is 0 Å². The van der Waals surface area contributed by atoms with Crippen LogP contribution in [0.15, 0.2) is 18.2 Å². The molecule has 94 valence electrons. The Hall–Kier alpha value is -0.490. The molecule has 0 aliphatic rings. The Bertz CT molecular complexity index is 398. The van der Waals surface area contributed by atoms with E-state index in [9.17, 15) is 4.79 Å². The first-order chi connectivity index (χ1) is 8.04. The second kappa shape index (κ2) is 7.06. The van der Waals surface area contributed by atoms with E-state index >= 15 is 0 Å². The van der Waals surface area contributed by atoms with Crippen LogP contribution in [0.3, 0.4) is 0 Å². The molecule has 5 heteroatoms. The van der Waals surface area contributed by atoms with Crippen LogP contribution in [0.4, 0.5) is 5.69 Å². The minimum Gasteiger partial charge on any atom is -0.480 e. The second-order valence-electron chi connectivity index (χ2n) is 3.80. The van der Waals surface area contributed by atoms with Crippen LogP contribution in [0.1, 0.15) is 26.2 Å². The monoisotopic (exact) mass is 367 g/mol. The Morgan fingerprint density at radius 2 is 2.29 bits per heavy atom. The zero-order valence-corrected chi connectivity index (χ0v) is 12.5. The van der Waals surface area contributed by atoms with E-state index < -0.39 is 12.0 Å². The standard InChI is InChI=1S/C12H15ClINO2/c1-2-3-4-11(12(16)17)15-10-6-5-8(13)7-9(10)14/h5-7,11,15H,2-4H2,1H3,(H,16,17). The van der Waals surface area contributed by atoms with E-state index in [2.05, 4.69) is 27.9 Å². The maximum atomic E-state index is 11.1. The molecule has 1 unspecified atom stereocenters. The quantitative estimate of drug-likeness (QED) is 0.747. The molecule has 1 aromatic rings. The highest BCUT2D eigenvalue weighted by molar-refractivity contribution is 14.1. The van der Waals surface area contributed by atoms with Crippen LogP contribution in [0, 0.1) is 3.57 Å². The molecule has 0 radical (unpaired) electrons. The van der Waals surface area contributed by atoms with E-state index in [1.807, 2.05) is 19.1 Å². The van der Waals surface area contributed by atoms with E-state index in [4.69, 9.17) is 16.7 Å². The Labute approximate surface area is 120 Å². The Morgan fingerprint density at radius 3 is 2.82 bits per heavy atom. The molecule has 2 N–H and O–H groups in total. The van der Waals surface area contributed by atoms with Crippen molar-refractivity contribution in [3.05, 3.63) is 26.8 Å². The van der Waals surface area contributed by atoms with Crippen LogP contribution in [0.2, 0.25) is 5.02 Å². The highest BCUT2D eigenvalue weighted by Crippen LogP contribution is 2.23. The maximum absolute atomic E-state index is 11.1. The molecule has 0 bridgehead atoms. The van der Waals surface area contributed by atoms with Gasteiger partial charge in [-0.1, -0.05) is 31.4 Å². The third kappa shape index (κ3) is 4.71. The fraction of sp³-hybridized carbons (Fsp3) is 0.417. The van der Waals surface area contributed by atoms with Crippen molar-refractivity contribution >= 4 is 45.8 Å². The van der Waals surface area contributed by atoms with Gasteiger partial charge in [0.2, 0.25) is 0 Å². The molecule has 1 atom stereocenters. The molecule has 0 amide bonds. The number of carboxylic acid groups (broad SMARTS) is 1. The summed E-state index contributed by atoms with van der Waals surface area (Å²) in [5.41, 5.74) is 0.818. The van der Waals surface area contributed by atoms with Crippen molar-refractivity contribution in [1.29, 1.82) is 0 Å². The number of rotatable bonds is 6. The van der Waals surface area contributed by atoms with Gasteiger partial charge in [0, 0.05) is 14.3 Å². The molecule has 3 nitrogen and oxygen atoms in total. The van der Waals surface area contributed by atoms with Gasteiger partial charge < -0.3 is 10.4 Å². The fourth-order valence-corrected chi connectivity index (χ4v) is 2.49. The number of unbranched alkanes of at least 4 members (excludes halogenated alkanes) is 1. The molecular formula is C12H15ClINO2. The maximum Gasteiger partial charge on any atom is 0.326 e. The van der Waals surface area contributed by atoms with Crippen molar-refractivity contribution in [2.75, 3.05) is 5.32 Å². The predicted octanol–water partition coefficient (Wildman–Crippen LogP) is 4.00. The summed E-state index contributed by atoms with van der Waals surface area (Å²) in [6.07, 6.45) is 2.52. The number of benzene rings is 1. The lowest BCUT2D eigenvalue weighted by Gasteiger charge is -2.16. The van der Waals surface area contributed by atoms with Crippen LogP contribution in [0.5, 0.6) is 0 Å². The molecule has 0 saturated carbocycles. The number of carboxylic acids is 1. The molecule has 1 aromatic carbocycles. The van der Waals surface area contributed by atoms with Gasteiger partial charge in [0.1, 0.15) is 6.04 Å². The number of halogens is 2. The van der Waals surface area contributed by atoms with E-state index in [-0.39, 0.29) is 0 Å². The van der Waals surface area contributed by atoms with Crippen LogP contribution >= 0.6 is 34.2 Å². The highest BCUT2D eigenvalue weighted by atomic mass is 127. The molecule has 0 spiro atoms. The first kappa shape index (κ1) is 14.6. The number of nitrogens with one attached hydrogen (secondary N) is 1. The van der Waals surface area contributed by atoms with E-state index in [0.29, 0.717) is 11.4 Å². The molecule has 1 rings (SSSR count). The lowest BCUT2D eigenvalue weighted by Crippen LogP contribution is -2.29. The molecule has 0 aliphatic carbocycles. The average Bonchev–Trinajstić information content (AvgIpc) is 2.26. The highest BCUT2D eigenvalue weighted by Gasteiger charge is 2.17. The normalized spacial score (nSPS) is 12.2. The van der Waals surface area contributed by atoms with Gasteiger partial charge in [-0.15, -0.1) is 0 Å². The summed E-state index contributed by atoms with van der Waals surface area (Å²) in [6, 6.07) is 4.84. The largest absolute Gasteiger partial charge is 0.480 e. The SMILES string of the molecule is CCCCC(Nc1ccc(Cl)cc1I)C(=O)O. The number of carbonyl (C=O) groups is 1. The fourth-order valence-electron chi connectivity index (χ4n) is 1.46. The smallest absolute Gasteiger partial charge is 0.326 e. The Balaban J connectivity index is 2.75. The number of aliphatic carboxylic acids is 1. The van der Waals surface area contributed by atoms with E-state index in [1.165, 1.54) is 0 Å². The van der Waals surface area contributed by atoms with Gasteiger partial charge in [0.15, 0.2) is 0 Å². The van der Waals surface area contributed by atoms with Crippen LogP contribution < -0.4 is 5.32 Å². The predicted molar refractivity (Wildman–Crippen MR) is 78.7 cm³/mol. The first-order valence-corrected chi connectivity index (χ1v) is 6.94. The average molecular weight is 368 g/mol. The lowest BCUT2D eigenvalue weighted by molar-refractivity contribution is -0.138. The number of hydrogen-bond donors (Lipinski definition) is 2. The zero-order chi connectivity index (χ0) is 12.8. The summed E-state index contributed by atoms with van der Waals surface area (Å²) in [4.78, 5) is 11.1. The number of anilines is 1. The van der Waals surface area contributed by atoms with Crippen molar-refractivity contribution in [3.8, 4) is 0 Å². The minimum absolute atomic E-state index is 0.537. The van der Waals surface area contributed by atoms with Crippen LogP contribution in [0.25, 0.3) is 0 Å². The first-order valence-electron chi connectivity index (χ1n) is 5.49. The van der Waals surface area contributed by atoms with Gasteiger partial charge in [-0.25, -0.2) is 4.79 Å². The van der Waals surface area contributed by atoms with Gasteiger partial charge in [0.05, 0.1) is 0 Å². The topological polar surface area (TPSA) is 49.3 Å². The van der Waals surface area contributed by atoms with E-state index in [0.717, 1.165) is 22.1 Å². The third-order valence-electron chi connectivity index (χ3n) is 2.41. The summed E-state index contributed by atoms with van der Waals surface area (Å²) in [5.74, 6) is -0.816. The van der Waals surface area contributed by atoms with E-state index in [1.54, 1.807) is 6.07 Å². The summed E-state index contributed by atoms with van der Waals surface area (Å²) in [6.45, 7) is 2.05. The molecule has 0 heterocycles. The second-order valence-corrected chi connectivity index (χ2v) is 5.40. The molecule has 17 heavy (non-hydrogen) atoms. The molecule has 0 aromatic heterocycles. The number of hydrogen-bond acceptors (Lipinski definition) is 2. The van der Waals surface area contributed by atoms with Gasteiger partial charge >= 0.3 is 5.97 Å². The zero-order valence-electron chi connectivity index (χ0n) is 9.54. The minimum atomic E-state index is -0.816. The van der Waals surface area contributed by atoms with Crippen molar-refractivity contribution < 1.29 is 9.90 Å². The lowest BCUT2D eigenvalue weighted by atomic mass is 10.1. The van der Waals surface area contributed by atoms with Crippen molar-refractivity contribution in [3.63, 3.8) is 0 Å². The van der Waals surface area contributed by atoms with Crippen LogP contribution in [-0.2, 0) is 4.79 Å². The summed E-state index contributed by atoms with van der Waals surface area (Å²) < 4.78 is 0.929. The van der Waals surface area contributed by atoms with Crippen molar-refractivity contribution in [2.24, 2.45) is 0 Å². The summed E-state index contributed by atoms with van der Waals surface area (Å²) in [5, 5.41) is 12.8. The van der Waals surface area contributed by atoms with Gasteiger partial charge in [0.25, 0.3) is 0 Å². The van der Waals surface area contributed by atoms with Crippen molar-refractivity contribution in [2.45, 2.75) is 32.2 Å². The Morgan fingerprint density at radius 1 is 1.59 bits per heavy atom. The summed E-state index contributed by atoms with van der Waals surface area (Å²) in [7, 11) is 0. The van der Waals surface area contributed by atoms with Gasteiger partial charge in [-0.2, -0.15) is 0 Å². The van der Waals surface area contributed by atoms with Crippen LogP contribution in [-0.4, -0.2) is 17.1 Å². The molecular weight excluding hydrogens is 352 g/mol. The Kier molecular flexibility index (Phi) is 6.05. The summed E-state index contributed by atoms with van der Waals surface area (Å²) >= 11 is 7.99. The van der Waals surface area contributed by atoms with Gasteiger partial charge in [-0.3, -0.25) is 0 Å². The van der Waals surface area contributed by atoms with Gasteiger partial charge in [-0.05, 0) is 47.2 Å².